The van der Waals surface area contributed by atoms with E-state index in [1.54, 1.807) is 10.9 Å². The largest absolute Gasteiger partial charge is 2.00 e. The standard InChI is InChI=1S/2CH5N5O2.Cu.2NO3/c2*2-1(4-3)5-6(7)8;;2*2-1(3)4/h2*3H2,(H3,2,4,5);;;/q;;+2;2*-1. The van der Waals surface area contributed by atoms with Gasteiger partial charge in [-0.15, -0.1) is 0 Å². The Balaban J connectivity index is -0.0000000739. The molecule has 0 spiro atoms. The van der Waals surface area contributed by atoms with Crippen LogP contribution in [0.3, 0.4) is 0 Å². The normalized spacial score (nSPS) is 8.88. The molecule has 0 amide bonds. The first-order valence-corrected chi connectivity index (χ1v) is 4.33. The van der Waals surface area contributed by atoms with E-state index in [1.807, 2.05) is 0 Å². The minimum absolute atomic E-state index is 0. The van der Waals surface area contributed by atoms with Gasteiger partial charge in [0, 0.05) is 0 Å². The number of guanidine groups is 2. The van der Waals surface area contributed by atoms with E-state index in [1.165, 1.54) is 0 Å². The molecule has 23 heteroatoms. The second-order valence-corrected chi connectivity index (χ2v) is 2.18. The molecule has 0 saturated heterocycles. The Labute approximate surface area is 145 Å². The van der Waals surface area contributed by atoms with Gasteiger partial charge in [0.25, 0.3) is 11.9 Å². The van der Waals surface area contributed by atoms with E-state index < -0.39 is 32.2 Å². The zero-order chi connectivity index (χ0) is 20.3. The number of nitrogens with zero attached hydrogens (tertiary/aromatic N) is 6. The summed E-state index contributed by atoms with van der Waals surface area (Å²) in [6.45, 7) is 0. The van der Waals surface area contributed by atoms with E-state index in [0.717, 1.165) is 0 Å². The smallest absolute Gasteiger partial charge is 0.364 e. The van der Waals surface area contributed by atoms with Crippen LogP contribution in [0.1, 0.15) is 0 Å². The van der Waals surface area contributed by atoms with E-state index >= 15 is 0 Å². The molecule has 0 fully saturated rings. The van der Waals surface area contributed by atoms with Crippen molar-refractivity contribution >= 4 is 11.9 Å². The Morgan fingerprint density at radius 1 is 0.680 bits per heavy atom. The molecule has 0 aliphatic heterocycles. The predicted octanol–water partition coefficient (Wildman–Crippen LogP) is -4.57. The summed E-state index contributed by atoms with van der Waals surface area (Å²) in [6, 6.07) is 0. The SMILES string of the molecule is NN/C(N)=N/[N+](=O)[O-].NN/C(N)=N/[N+](=O)[O-].O=[N+]([O-])[O-].O=[N+]([O-])[O-].[Cu+2]. The molecule has 0 heterocycles. The fourth-order valence-electron chi connectivity index (χ4n) is 0.234. The van der Waals surface area contributed by atoms with Crippen molar-refractivity contribution in [3.05, 3.63) is 50.9 Å². The van der Waals surface area contributed by atoms with Crippen LogP contribution in [0.5, 0.6) is 0 Å². The van der Waals surface area contributed by atoms with Crippen LogP contribution in [0.2, 0.25) is 0 Å². The van der Waals surface area contributed by atoms with Crippen molar-refractivity contribution in [2.24, 2.45) is 33.4 Å². The molecule has 1 radical (unpaired) electrons. The second-order valence-electron chi connectivity index (χ2n) is 2.18. The molecule has 0 aromatic heterocycles. The van der Waals surface area contributed by atoms with E-state index in [4.69, 9.17) is 42.1 Å². The van der Waals surface area contributed by atoms with Crippen LogP contribution < -0.4 is 34.0 Å². The van der Waals surface area contributed by atoms with Gasteiger partial charge in [-0.3, -0.25) is 10.9 Å². The summed E-state index contributed by atoms with van der Waals surface area (Å²) < 4.78 is 0. The van der Waals surface area contributed by atoms with Gasteiger partial charge < -0.3 is 42.1 Å². The molecule has 22 nitrogen and oxygen atoms in total. The molecule has 0 saturated carbocycles. The first kappa shape index (κ1) is 32.9. The van der Waals surface area contributed by atoms with E-state index in [9.17, 15) is 20.2 Å². The Hall–Kier alpha value is -3.82. The van der Waals surface area contributed by atoms with Gasteiger partial charge in [0.2, 0.25) is 0 Å². The maximum Gasteiger partial charge on any atom is 2.00 e. The molecule has 0 aliphatic carbocycles. The van der Waals surface area contributed by atoms with Crippen molar-refractivity contribution in [2.45, 2.75) is 0 Å². The molecular weight excluding hydrogens is 416 g/mol. The van der Waals surface area contributed by atoms with Crippen LogP contribution in [0.25, 0.3) is 0 Å². The van der Waals surface area contributed by atoms with Crippen molar-refractivity contribution in [1.82, 2.24) is 10.9 Å². The summed E-state index contributed by atoms with van der Waals surface area (Å²) in [5.41, 5.74) is 13.1. The number of hydrogen-bond donors (Lipinski definition) is 6. The fourth-order valence-corrected chi connectivity index (χ4v) is 0.234. The van der Waals surface area contributed by atoms with Gasteiger partial charge in [0.1, 0.15) is 10.2 Å². The maximum absolute atomic E-state index is 9.41. The minimum atomic E-state index is -1.75. The van der Waals surface area contributed by atoms with Crippen molar-refractivity contribution in [2.75, 3.05) is 0 Å². The number of hydrogen-bond acceptors (Lipinski definition) is 12. The predicted molar refractivity (Wildman–Crippen MR) is 72.6 cm³/mol. The monoisotopic (exact) mass is 425 g/mol. The molecule has 0 aromatic carbocycles. The van der Waals surface area contributed by atoms with Gasteiger partial charge in [0.15, 0.2) is 10.1 Å². The average Bonchev–Trinajstić information content (AvgIpc) is 2.36. The maximum atomic E-state index is 9.41. The average molecular weight is 426 g/mol. The molecule has 10 N–H and O–H groups in total. The quantitative estimate of drug-likeness (QED) is 0.0604. The van der Waals surface area contributed by atoms with E-state index in [0.29, 0.717) is 0 Å². The summed E-state index contributed by atoms with van der Waals surface area (Å²) in [4.78, 5) is 35.3. The Morgan fingerprint density at radius 2 is 0.840 bits per heavy atom. The molecule has 0 aliphatic rings. The number of hydrazone groups is 2. The van der Waals surface area contributed by atoms with E-state index in [2.05, 4.69) is 21.9 Å². The van der Waals surface area contributed by atoms with Gasteiger partial charge in [-0.05, 0) is 0 Å². The van der Waals surface area contributed by atoms with Gasteiger partial charge in [-0.2, -0.15) is 0 Å². The Bertz CT molecular complexity index is 413. The van der Waals surface area contributed by atoms with Crippen molar-refractivity contribution in [3.63, 3.8) is 0 Å². The minimum Gasteiger partial charge on any atom is -0.364 e. The second kappa shape index (κ2) is 22.5. The summed E-state index contributed by atoms with van der Waals surface area (Å²) in [6.07, 6.45) is 0. The fraction of sp³-hybridized carbons (Fsp3) is 0. The summed E-state index contributed by atoms with van der Waals surface area (Å²) in [5.74, 6) is 8.38. The van der Waals surface area contributed by atoms with Crippen molar-refractivity contribution in [1.29, 1.82) is 0 Å². The topological polar surface area (TPSA) is 372 Å². The molecule has 149 valence electrons. The van der Waals surface area contributed by atoms with Gasteiger partial charge in [-0.1, -0.05) is 0 Å². The van der Waals surface area contributed by atoms with Crippen LogP contribution in [-0.4, -0.2) is 32.2 Å². The number of nitrogens with one attached hydrogen (secondary N) is 2. The molecule has 0 aromatic rings. The van der Waals surface area contributed by atoms with Crippen LogP contribution >= 0.6 is 0 Å². The Kier molecular flexibility index (Phi) is 29.6. The van der Waals surface area contributed by atoms with Crippen LogP contribution in [0.15, 0.2) is 10.2 Å². The first-order valence-electron chi connectivity index (χ1n) is 4.33. The molecule has 0 atom stereocenters. The summed E-state index contributed by atoms with van der Waals surface area (Å²) in [5, 5.41) is 51.6. The van der Waals surface area contributed by atoms with Crippen LogP contribution in [0.4, 0.5) is 0 Å². The molecular formula is C2H10CuN12O10. The summed E-state index contributed by atoms with van der Waals surface area (Å²) in [7, 11) is 0. The third-order valence-electron chi connectivity index (χ3n) is 0.675. The summed E-state index contributed by atoms with van der Waals surface area (Å²) >= 11 is 0. The molecule has 25 heavy (non-hydrogen) atoms. The van der Waals surface area contributed by atoms with Crippen molar-refractivity contribution < 1.29 is 37.3 Å². The molecule has 0 bridgehead atoms. The third-order valence-corrected chi connectivity index (χ3v) is 0.675. The number of nitro groups is 2. The van der Waals surface area contributed by atoms with Crippen LogP contribution in [-0.2, 0) is 17.1 Å². The van der Waals surface area contributed by atoms with Gasteiger partial charge in [0.05, 0.1) is 10.2 Å². The third kappa shape index (κ3) is 99.7. The van der Waals surface area contributed by atoms with Crippen molar-refractivity contribution in [3.8, 4) is 0 Å². The van der Waals surface area contributed by atoms with Crippen LogP contribution in [0, 0.1) is 50.9 Å². The Morgan fingerprint density at radius 3 is 0.880 bits per heavy atom. The number of nitrogens with two attached hydrogens (primary N) is 4. The van der Waals surface area contributed by atoms with E-state index in [-0.39, 0.29) is 17.1 Å². The zero-order valence-corrected chi connectivity index (χ0v) is 12.3. The van der Waals surface area contributed by atoms with Gasteiger partial charge >= 0.3 is 17.1 Å². The first-order chi connectivity index (χ1) is 10.8. The molecule has 0 unspecified atom stereocenters. The van der Waals surface area contributed by atoms with Gasteiger partial charge in [-0.25, -0.2) is 31.9 Å². The number of hydrazine groups is 2. The molecule has 0 rings (SSSR count). The number of rotatable bonds is 2. The zero-order valence-electron chi connectivity index (χ0n) is 11.4.